The molecule has 342 valence electrons. The highest BCUT2D eigenvalue weighted by atomic mass is 32.2. The summed E-state index contributed by atoms with van der Waals surface area (Å²) < 4.78 is 105. The average molecular weight is 969 g/mol. The third-order valence-electron chi connectivity index (χ3n) is 9.52. The molecular formula is C41H32N10O13S3. The van der Waals surface area contributed by atoms with Crippen LogP contribution < -0.4 is 16.4 Å². The van der Waals surface area contributed by atoms with Gasteiger partial charge in [0, 0.05) is 35.3 Å². The van der Waals surface area contributed by atoms with E-state index in [0.717, 1.165) is 41.6 Å². The zero-order valence-corrected chi connectivity index (χ0v) is 36.4. The molecule has 0 amide bonds. The van der Waals surface area contributed by atoms with Gasteiger partial charge in [-0.25, -0.2) is 0 Å². The van der Waals surface area contributed by atoms with Gasteiger partial charge in [0.05, 0.1) is 38.7 Å². The summed E-state index contributed by atoms with van der Waals surface area (Å²) in [5.74, 6) is -1.25. The maximum Gasteiger partial charge on any atom is 0.296 e. The number of non-ortho nitro benzene ring substituents is 1. The highest BCUT2D eigenvalue weighted by Gasteiger charge is 2.28. The van der Waals surface area contributed by atoms with Crippen LogP contribution in [-0.4, -0.2) is 54.0 Å². The molecule has 0 bridgehead atoms. The number of nitro groups is 1. The van der Waals surface area contributed by atoms with Gasteiger partial charge < -0.3 is 26.6 Å². The van der Waals surface area contributed by atoms with Crippen molar-refractivity contribution in [3.05, 3.63) is 137 Å². The van der Waals surface area contributed by atoms with Crippen LogP contribution in [0.15, 0.2) is 167 Å². The molecule has 0 saturated carbocycles. The summed E-state index contributed by atoms with van der Waals surface area (Å²) in [4.78, 5) is 7.45. The largest absolute Gasteiger partial charge is 0.506 e. The first-order chi connectivity index (χ1) is 31.6. The van der Waals surface area contributed by atoms with E-state index in [9.17, 15) is 59.2 Å². The Morgan fingerprint density at radius 1 is 0.567 bits per heavy atom. The van der Waals surface area contributed by atoms with E-state index in [4.69, 9.17) is 5.73 Å². The number of hydrogen-bond donors (Lipinski definition) is 8. The maximum absolute atomic E-state index is 12.6. The molecule has 0 saturated heterocycles. The minimum Gasteiger partial charge on any atom is -0.506 e. The molecular weight excluding hydrogens is 937 g/mol. The first kappa shape index (κ1) is 46.7. The number of aryl methyl sites for hydroxylation is 1. The Hall–Kier alpha value is -8.27. The van der Waals surface area contributed by atoms with E-state index in [1.165, 1.54) is 42.5 Å². The molecule has 23 nitrogen and oxygen atoms in total. The second-order valence-electron chi connectivity index (χ2n) is 14.1. The van der Waals surface area contributed by atoms with Gasteiger partial charge in [0.15, 0.2) is 5.75 Å². The van der Waals surface area contributed by atoms with Crippen molar-refractivity contribution in [1.82, 2.24) is 0 Å². The standard InChI is InChI=1S/C41H32N10O13S3/c1-22-4-2-3-5-30(22)44-27-12-16-31(33(52)20-27)48-45-25-8-6-24(7-9-25)43-32-17-13-28(21-34(32)65(56,57)58)47-50-40-36(67(62,63)64)19-23-18-35(66(59,60)61)39(38(42)37(23)41(40)53)49-46-26-10-14-29(15-11-26)51(54)55/h2-21,43-44,52-53H,42H2,1H3,(H,56,57,58)(H,59,60,61)(H,62,63,64). The lowest BCUT2D eigenvalue weighted by Crippen LogP contribution is -2.04. The minimum atomic E-state index is -5.32. The van der Waals surface area contributed by atoms with Crippen molar-refractivity contribution >= 4 is 109 Å². The van der Waals surface area contributed by atoms with Crippen LogP contribution in [0.1, 0.15) is 5.56 Å². The van der Waals surface area contributed by atoms with E-state index in [1.807, 2.05) is 31.2 Å². The maximum atomic E-state index is 12.6. The SMILES string of the molecule is Cc1ccccc1Nc1ccc(N=Nc2ccc(Nc3ccc(N=Nc4c(S(=O)(=O)O)cc5cc(S(=O)(=O)O)c(N=Nc6ccc([N+](=O)[O-])cc6)c(N)c5c4O)cc3S(=O)(=O)O)cc2)c(O)c1. The monoisotopic (exact) mass is 968 g/mol. The molecule has 7 aromatic carbocycles. The number of hydrogen-bond acceptors (Lipinski definition) is 19. The summed E-state index contributed by atoms with van der Waals surface area (Å²) in [7, 11) is -15.5. The zero-order valence-electron chi connectivity index (χ0n) is 34.0. The number of nitrogens with two attached hydrogens (primary N) is 1. The minimum absolute atomic E-state index is 0.0401. The van der Waals surface area contributed by atoms with Crippen LogP contribution in [0, 0.1) is 17.0 Å². The lowest BCUT2D eigenvalue weighted by molar-refractivity contribution is -0.384. The van der Waals surface area contributed by atoms with E-state index in [1.54, 1.807) is 12.1 Å². The van der Waals surface area contributed by atoms with Crippen LogP contribution in [0.2, 0.25) is 0 Å². The molecule has 0 unspecified atom stereocenters. The number of nitrogens with zero attached hydrogens (tertiary/aromatic N) is 7. The second-order valence-corrected chi connectivity index (χ2v) is 18.3. The summed E-state index contributed by atoms with van der Waals surface area (Å²) in [5, 5.41) is 61.4. The summed E-state index contributed by atoms with van der Waals surface area (Å²) in [5.41, 5.74) is 6.28. The van der Waals surface area contributed by atoms with Gasteiger partial charge in [0.25, 0.3) is 36.0 Å². The van der Waals surface area contributed by atoms with Crippen LogP contribution in [0.5, 0.6) is 11.5 Å². The highest BCUT2D eigenvalue weighted by molar-refractivity contribution is 7.86. The number of nitro benzene ring substituents is 1. The van der Waals surface area contributed by atoms with E-state index in [2.05, 4.69) is 41.3 Å². The molecule has 0 aliphatic heterocycles. The lowest BCUT2D eigenvalue weighted by Gasteiger charge is -2.14. The van der Waals surface area contributed by atoms with Crippen LogP contribution in [0.3, 0.4) is 0 Å². The second kappa shape index (κ2) is 18.3. The molecule has 0 spiro atoms. The van der Waals surface area contributed by atoms with Gasteiger partial charge in [0.2, 0.25) is 0 Å². The summed E-state index contributed by atoms with van der Waals surface area (Å²) in [6, 6.07) is 27.5. The summed E-state index contributed by atoms with van der Waals surface area (Å²) in [6.45, 7) is 1.94. The van der Waals surface area contributed by atoms with Gasteiger partial charge >= 0.3 is 0 Å². The molecule has 7 rings (SSSR count). The highest BCUT2D eigenvalue weighted by Crippen LogP contribution is 2.48. The van der Waals surface area contributed by atoms with Crippen LogP contribution >= 0.6 is 0 Å². The van der Waals surface area contributed by atoms with Crippen molar-refractivity contribution in [3.8, 4) is 11.5 Å². The Morgan fingerprint density at radius 3 is 1.69 bits per heavy atom. The van der Waals surface area contributed by atoms with Gasteiger partial charge in [-0.1, -0.05) is 18.2 Å². The van der Waals surface area contributed by atoms with Gasteiger partial charge in [-0.15, -0.1) is 15.3 Å². The Kier molecular flexibility index (Phi) is 12.8. The molecule has 0 aliphatic carbocycles. The molecule has 0 fully saturated rings. The number of azo groups is 3. The fraction of sp³-hybridized carbons (Fsp3) is 0.0244. The number of phenols is 2. The smallest absolute Gasteiger partial charge is 0.296 e. The van der Waals surface area contributed by atoms with Crippen molar-refractivity contribution in [1.29, 1.82) is 0 Å². The Morgan fingerprint density at radius 2 is 1.09 bits per heavy atom. The predicted octanol–water partition coefficient (Wildman–Crippen LogP) is 10.5. The van der Waals surface area contributed by atoms with Crippen molar-refractivity contribution in [3.63, 3.8) is 0 Å². The molecule has 0 heterocycles. The third kappa shape index (κ3) is 10.7. The van der Waals surface area contributed by atoms with Crippen LogP contribution in [-0.2, 0) is 30.4 Å². The molecule has 26 heteroatoms. The van der Waals surface area contributed by atoms with E-state index in [-0.39, 0.29) is 34.2 Å². The first-order valence-corrected chi connectivity index (χ1v) is 23.1. The number of phenolic OH excluding ortho intramolecular Hbond substituents is 2. The Labute approximate surface area is 379 Å². The zero-order chi connectivity index (χ0) is 48.4. The van der Waals surface area contributed by atoms with Crippen molar-refractivity contribution in [2.24, 2.45) is 30.7 Å². The van der Waals surface area contributed by atoms with Crippen molar-refractivity contribution in [2.75, 3.05) is 16.4 Å². The summed E-state index contributed by atoms with van der Waals surface area (Å²) in [6.07, 6.45) is 0. The number of anilines is 5. The van der Waals surface area contributed by atoms with E-state index in [0.29, 0.717) is 29.2 Å². The van der Waals surface area contributed by atoms with E-state index >= 15 is 0 Å². The predicted molar refractivity (Wildman–Crippen MR) is 244 cm³/mol. The van der Waals surface area contributed by atoms with Crippen LogP contribution in [0.25, 0.3) is 10.8 Å². The molecule has 0 aliphatic rings. The number of rotatable bonds is 14. The van der Waals surface area contributed by atoms with Gasteiger partial charge in [-0.3, -0.25) is 23.8 Å². The van der Waals surface area contributed by atoms with Gasteiger partial charge in [-0.2, -0.15) is 40.6 Å². The molecule has 67 heavy (non-hydrogen) atoms. The molecule has 9 N–H and O–H groups in total. The lowest BCUT2D eigenvalue weighted by atomic mass is 10.1. The average Bonchev–Trinajstić information content (AvgIpc) is 3.26. The fourth-order valence-electron chi connectivity index (χ4n) is 6.28. The quantitative estimate of drug-likeness (QED) is 0.0165. The number of nitrogens with one attached hydrogen (secondary N) is 2. The Balaban J connectivity index is 1.17. The van der Waals surface area contributed by atoms with Crippen molar-refractivity contribution < 1.29 is 54.0 Å². The number of aromatic hydroxyl groups is 2. The molecule has 7 aromatic rings. The Bertz CT molecular complexity index is 3570. The first-order valence-electron chi connectivity index (χ1n) is 18.8. The van der Waals surface area contributed by atoms with Gasteiger partial charge in [0.1, 0.15) is 37.5 Å². The topological polar surface area (TPSA) is 371 Å². The van der Waals surface area contributed by atoms with E-state index < -0.39 is 83.5 Å². The molecule has 0 radical (unpaired) electrons. The summed E-state index contributed by atoms with van der Waals surface area (Å²) >= 11 is 0. The normalized spacial score (nSPS) is 12.4. The van der Waals surface area contributed by atoms with Crippen molar-refractivity contribution in [2.45, 2.75) is 21.6 Å². The number of fused-ring (bicyclic) bond motifs is 1. The number of nitrogen functional groups attached to an aromatic ring is 1. The third-order valence-corrected chi connectivity index (χ3v) is 12.2. The van der Waals surface area contributed by atoms with Crippen LogP contribution in [0.4, 0.5) is 68.2 Å². The number of benzene rings is 7. The van der Waals surface area contributed by atoms with Gasteiger partial charge in [-0.05, 0) is 103 Å². The molecule has 0 aromatic heterocycles. The number of para-hydroxylation sites is 1. The fourth-order valence-corrected chi connectivity index (χ4v) is 8.28. The molecule has 0 atom stereocenters.